The van der Waals surface area contributed by atoms with Gasteiger partial charge in [-0.3, -0.25) is 9.59 Å². The summed E-state index contributed by atoms with van der Waals surface area (Å²) >= 11 is 0. The zero-order chi connectivity index (χ0) is 24.2. The lowest BCUT2D eigenvalue weighted by atomic mass is 10.1. The highest BCUT2D eigenvalue weighted by molar-refractivity contribution is 7.89. The molecule has 3 rings (SSSR count). The molecule has 0 spiro atoms. The first-order valence-electron chi connectivity index (χ1n) is 11.1. The molecule has 3 aromatic rings. The summed E-state index contributed by atoms with van der Waals surface area (Å²) in [7, 11) is -3.58. The topological polar surface area (TPSA) is 101 Å². The summed E-state index contributed by atoms with van der Waals surface area (Å²) < 4.78 is 29.2. The fourth-order valence-corrected chi connectivity index (χ4v) is 5.39. The van der Waals surface area contributed by atoms with Crippen molar-refractivity contribution in [1.82, 2.24) is 13.9 Å². The van der Waals surface area contributed by atoms with Crippen LogP contribution in [-0.2, 0) is 27.8 Å². The molecular formula is C24H30N4O4S. The molecule has 1 amide bonds. The number of aryl methyl sites for hydroxylation is 2. The quantitative estimate of drug-likeness (QED) is 0.454. The first kappa shape index (κ1) is 24.6. The lowest BCUT2D eigenvalue weighted by molar-refractivity contribution is -0.116. The number of Topliss-reactive ketones (excluding diaryl/α,β-unsaturated/α-hetero) is 1. The molecular weight excluding hydrogens is 440 g/mol. The summed E-state index contributed by atoms with van der Waals surface area (Å²) in [6, 6.07) is 11.9. The van der Waals surface area contributed by atoms with Crippen molar-refractivity contribution < 1.29 is 18.0 Å². The van der Waals surface area contributed by atoms with E-state index in [1.54, 1.807) is 42.5 Å². The average Bonchev–Trinajstić information content (AvgIpc) is 3.15. The first-order valence-corrected chi connectivity index (χ1v) is 12.6. The number of hydrogen-bond donors (Lipinski definition) is 1. The van der Waals surface area contributed by atoms with E-state index in [1.807, 2.05) is 25.3 Å². The van der Waals surface area contributed by atoms with Crippen molar-refractivity contribution in [1.29, 1.82) is 0 Å². The Morgan fingerprint density at radius 2 is 1.76 bits per heavy atom. The molecule has 8 nitrogen and oxygen atoms in total. The number of carbonyl (C=O) groups is 2. The minimum Gasteiger partial charge on any atom is -0.328 e. The van der Waals surface area contributed by atoms with Gasteiger partial charge in [0, 0.05) is 38.0 Å². The van der Waals surface area contributed by atoms with E-state index in [2.05, 4.69) is 10.3 Å². The van der Waals surface area contributed by atoms with Crippen molar-refractivity contribution in [2.24, 2.45) is 0 Å². The number of nitrogens with one attached hydrogen (secondary N) is 1. The largest absolute Gasteiger partial charge is 0.328 e. The summed E-state index contributed by atoms with van der Waals surface area (Å²) in [6.07, 6.45) is 0.564. The fraction of sp³-hybridized carbons (Fsp3) is 0.375. The van der Waals surface area contributed by atoms with Gasteiger partial charge in [0.1, 0.15) is 5.82 Å². The molecule has 0 fully saturated rings. The summed E-state index contributed by atoms with van der Waals surface area (Å²) in [5, 5.41) is 2.81. The second-order valence-corrected chi connectivity index (χ2v) is 9.60. The maximum absolute atomic E-state index is 12.9. The lowest BCUT2D eigenvalue weighted by Gasteiger charge is -2.18. The maximum atomic E-state index is 12.9. The number of ketones is 1. The van der Waals surface area contributed by atoms with Crippen LogP contribution < -0.4 is 5.32 Å². The van der Waals surface area contributed by atoms with Crippen LogP contribution in [0.15, 0.2) is 47.4 Å². The number of sulfonamides is 1. The molecule has 0 unspecified atom stereocenters. The minimum absolute atomic E-state index is 0.117. The number of anilines is 1. The Kier molecular flexibility index (Phi) is 7.65. The molecule has 0 atom stereocenters. The summed E-state index contributed by atoms with van der Waals surface area (Å²) in [5.74, 6) is 0.372. The second-order valence-electron chi connectivity index (χ2n) is 7.66. The van der Waals surface area contributed by atoms with Gasteiger partial charge in [0.05, 0.1) is 21.6 Å². The number of amides is 1. The van der Waals surface area contributed by atoms with Gasteiger partial charge >= 0.3 is 0 Å². The number of para-hydroxylation sites is 1. The van der Waals surface area contributed by atoms with E-state index in [4.69, 9.17) is 0 Å². The van der Waals surface area contributed by atoms with Crippen molar-refractivity contribution in [3.8, 4) is 0 Å². The summed E-state index contributed by atoms with van der Waals surface area (Å²) in [4.78, 5) is 29.2. The molecule has 0 aliphatic heterocycles. The van der Waals surface area contributed by atoms with Crippen LogP contribution in [0, 0.1) is 0 Å². The van der Waals surface area contributed by atoms with E-state index in [0.717, 1.165) is 5.52 Å². The van der Waals surface area contributed by atoms with Crippen molar-refractivity contribution in [2.45, 2.75) is 52.0 Å². The van der Waals surface area contributed by atoms with Gasteiger partial charge in [-0.1, -0.05) is 26.0 Å². The van der Waals surface area contributed by atoms with Crippen molar-refractivity contribution in [2.75, 3.05) is 18.4 Å². The number of aromatic nitrogens is 2. The number of carbonyl (C=O) groups excluding carboxylic acids is 2. The number of fused-ring (bicyclic) bond motifs is 1. The molecule has 2 aromatic carbocycles. The summed E-state index contributed by atoms with van der Waals surface area (Å²) in [5.41, 5.74) is 2.37. The van der Waals surface area contributed by atoms with Crippen molar-refractivity contribution in [3.05, 3.63) is 53.9 Å². The maximum Gasteiger partial charge on any atom is 0.243 e. The number of nitrogens with zero attached hydrogens (tertiary/aromatic N) is 3. The second kappa shape index (κ2) is 10.3. The van der Waals surface area contributed by atoms with Crippen LogP contribution in [0.2, 0.25) is 0 Å². The molecule has 0 saturated heterocycles. The van der Waals surface area contributed by atoms with E-state index in [9.17, 15) is 18.0 Å². The molecule has 0 aliphatic rings. The molecule has 0 radical (unpaired) electrons. The third-order valence-electron chi connectivity index (χ3n) is 5.61. The number of imidazole rings is 1. The normalized spacial score (nSPS) is 11.8. The van der Waals surface area contributed by atoms with Crippen LogP contribution in [0.25, 0.3) is 11.0 Å². The monoisotopic (exact) mass is 470 g/mol. The van der Waals surface area contributed by atoms with Crippen LogP contribution in [-0.4, -0.2) is 47.1 Å². The van der Waals surface area contributed by atoms with E-state index >= 15 is 0 Å². The van der Waals surface area contributed by atoms with E-state index in [-0.39, 0.29) is 23.0 Å². The molecule has 0 saturated carbocycles. The Hall–Kier alpha value is -3.04. The molecule has 0 bridgehead atoms. The highest BCUT2D eigenvalue weighted by atomic mass is 32.2. The van der Waals surface area contributed by atoms with E-state index in [0.29, 0.717) is 48.6 Å². The summed E-state index contributed by atoms with van der Waals surface area (Å²) in [6.45, 7) is 8.49. The lowest BCUT2D eigenvalue weighted by Crippen LogP contribution is -2.30. The van der Waals surface area contributed by atoms with Crippen LogP contribution in [0.1, 0.15) is 50.3 Å². The molecule has 33 heavy (non-hydrogen) atoms. The van der Waals surface area contributed by atoms with Gasteiger partial charge in [0.2, 0.25) is 15.9 Å². The van der Waals surface area contributed by atoms with Crippen LogP contribution >= 0.6 is 0 Å². The number of benzene rings is 2. The van der Waals surface area contributed by atoms with Gasteiger partial charge in [-0.2, -0.15) is 4.31 Å². The zero-order valence-corrected chi connectivity index (χ0v) is 20.3. The molecule has 1 aromatic heterocycles. The van der Waals surface area contributed by atoms with Gasteiger partial charge in [0.25, 0.3) is 0 Å². The fourth-order valence-electron chi connectivity index (χ4n) is 3.91. The Balaban J connectivity index is 1.82. The Labute approximate surface area is 194 Å². The highest BCUT2D eigenvalue weighted by Gasteiger charge is 2.23. The van der Waals surface area contributed by atoms with Crippen LogP contribution in [0.3, 0.4) is 0 Å². The standard InChI is InChI=1S/C24H30N4O4S/c1-5-27(6-2)33(31,32)18-12-13-22-21(16-18)25-23(28(22)7-3)14-15-24(30)26-20-11-9-8-10-19(20)17(4)29/h8-13,16H,5-7,14-15H2,1-4H3,(H,26,30). The van der Waals surface area contributed by atoms with Gasteiger partial charge in [0.15, 0.2) is 5.78 Å². The van der Waals surface area contributed by atoms with Gasteiger partial charge in [-0.15, -0.1) is 0 Å². The number of rotatable bonds is 10. The van der Waals surface area contributed by atoms with Crippen LogP contribution in [0.4, 0.5) is 5.69 Å². The molecule has 9 heteroatoms. The average molecular weight is 471 g/mol. The first-order chi connectivity index (χ1) is 15.7. The smallest absolute Gasteiger partial charge is 0.243 e. The SMILES string of the molecule is CCN(CC)S(=O)(=O)c1ccc2c(c1)nc(CCC(=O)Nc1ccccc1C(C)=O)n2CC. The highest BCUT2D eigenvalue weighted by Crippen LogP contribution is 2.24. The van der Waals surface area contributed by atoms with Crippen LogP contribution in [0.5, 0.6) is 0 Å². The van der Waals surface area contributed by atoms with E-state index in [1.165, 1.54) is 11.2 Å². The Morgan fingerprint density at radius 1 is 1.06 bits per heavy atom. The molecule has 0 aliphatic carbocycles. The number of hydrogen-bond acceptors (Lipinski definition) is 5. The third kappa shape index (κ3) is 5.15. The predicted octanol–water partition coefficient (Wildman–Crippen LogP) is 3.86. The zero-order valence-electron chi connectivity index (χ0n) is 19.5. The predicted molar refractivity (Wildman–Crippen MR) is 129 cm³/mol. The molecule has 176 valence electrons. The Bertz CT molecular complexity index is 1280. The molecule has 1 heterocycles. The van der Waals surface area contributed by atoms with Gasteiger partial charge < -0.3 is 9.88 Å². The minimum atomic E-state index is -3.58. The van der Waals surface area contributed by atoms with E-state index < -0.39 is 10.0 Å². The van der Waals surface area contributed by atoms with Gasteiger partial charge in [-0.05, 0) is 44.2 Å². The van der Waals surface area contributed by atoms with Crippen molar-refractivity contribution >= 4 is 38.4 Å². The molecule has 1 N–H and O–H groups in total. The Morgan fingerprint density at radius 3 is 2.39 bits per heavy atom. The van der Waals surface area contributed by atoms with Gasteiger partial charge in [-0.25, -0.2) is 13.4 Å². The third-order valence-corrected chi connectivity index (χ3v) is 7.66. The van der Waals surface area contributed by atoms with Crippen molar-refractivity contribution in [3.63, 3.8) is 0 Å².